The van der Waals surface area contributed by atoms with Gasteiger partial charge in [-0.2, -0.15) is 0 Å². The van der Waals surface area contributed by atoms with Crippen LogP contribution in [0.5, 0.6) is 0 Å². The zero-order chi connectivity index (χ0) is 22.5. The number of aryl methyl sites for hydroxylation is 1. The second kappa shape index (κ2) is 9.79. The number of rotatable bonds is 7. The lowest BCUT2D eigenvalue weighted by Gasteiger charge is -2.29. The van der Waals surface area contributed by atoms with Crippen molar-refractivity contribution in [2.75, 3.05) is 24.3 Å². The van der Waals surface area contributed by atoms with Crippen molar-refractivity contribution in [3.63, 3.8) is 0 Å². The minimum atomic E-state index is -0.130. The van der Waals surface area contributed by atoms with E-state index in [4.69, 9.17) is 0 Å². The molecule has 0 fully saturated rings. The number of carbonyl (C=O) groups is 2. The number of nitrogens with zero attached hydrogens (tertiary/aromatic N) is 2. The van der Waals surface area contributed by atoms with Crippen LogP contribution in [-0.4, -0.2) is 36.9 Å². The normalized spacial score (nSPS) is 10.8. The minimum Gasteiger partial charge on any atom is -0.377 e. The summed E-state index contributed by atoms with van der Waals surface area (Å²) in [5, 5.41) is 4.85. The number of hydrogen-bond donors (Lipinski definition) is 1. The van der Waals surface area contributed by atoms with Crippen LogP contribution < -0.4 is 10.2 Å². The van der Waals surface area contributed by atoms with Crippen LogP contribution in [0, 0.1) is 6.92 Å². The number of nitrogens with one attached hydrogen (secondary N) is 1. The molecule has 0 aliphatic rings. The van der Waals surface area contributed by atoms with Gasteiger partial charge in [-0.25, -0.2) is 0 Å². The van der Waals surface area contributed by atoms with E-state index in [9.17, 15) is 9.59 Å². The van der Waals surface area contributed by atoms with Crippen LogP contribution >= 0.6 is 11.3 Å². The fourth-order valence-electron chi connectivity index (χ4n) is 3.44. The average Bonchev–Trinajstić information content (AvgIpc) is 3.26. The average molecular weight is 436 g/mol. The Labute approximate surface area is 188 Å². The van der Waals surface area contributed by atoms with Crippen molar-refractivity contribution >= 4 is 34.5 Å². The quantitative estimate of drug-likeness (QED) is 0.539. The van der Waals surface area contributed by atoms with Gasteiger partial charge in [-0.1, -0.05) is 23.8 Å². The van der Waals surface area contributed by atoms with E-state index in [1.54, 1.807) is 6.07 Å². The summed E-state index contributed by atoms with van der Waals surface area (Å²) in [4.78, 5) is 30.3. The van der Waals surface area contributed by atoms with E-state index in [1.807, 2.05) is 98.6 Å². The maximum absolute atomic E-state index is 13.3. The molecular weight excluding hydrogens is 406 g/mol. The Morgan fingerprint density at radius 2 is 1.81 bits per heavy atom. The van der Waals surface area contributed by atoms with Crippen LogP contribution in [0.3, 0.4) is 0 Å². The van der Waals surface area contributed by atoms with Crippen LogP contribution in [0.25, 0.3) is 0 Å². The lowest BCUT2D eigenvalue weighted by molar-refractivity contribution is 0.0690. The number of anilines is 2. The Balaban J connectivity index is 1.90. The number of thiophene rings is 1. The molecule has 0 aliphatic carbocycles. The maximum atomic E-state index is 13.3. The third kappa shape index (κ3) is 5.52. The van der Waals surface area contributed by atoms with Gasteiger partial charge in [-0.3, -0.25) is 9.59 Å². The Kier molecular flexibility index (Phi) is 7.13. The van der Waals surface area contributed by atoms with Gasteiger partial charge in [0.15, 0.2) is 0 Å². The summed E-state index contributed by atoms with van der Waals surface area (Å²) in [5.74, 6) is -0.133. The largest absolute Gasteiger partial charge is 0.377 e. The number of carbonyl (C=O) groups excluding carboxylic acids is 2. The zero-order valence-electron chi connectivity index (χ0n) is 18.7. The highest BCUT2D eigenvalue weighted by atomic mass is 32.1. The number of benzene rings is 2. The first kappa shape index (κ1) is 22.6. The van der Waals surface area contributed by atoms with Gasteiger partial charge < -0.3 is 15.1 Å². The Morgan fingerprint density at radius 3 is 2.42 bits per heavy atom. The molecule has 0 saturated heterocycles. The molecule has 0 saturated carbocycles. The summed E-state index contributed by atoms with van der Waals surface area (Å²) in [5.41, 5.74) is 4.44. The maximum Gasteiger partial charge on any atom is 0.265 e. The molecule has 0 bridgehead atoms. The smallest absolute Gasteiger partial charge is 0.265 e. The van der Waals surface area contributed by atoms with E-state index in [0.29, 0.717) is 22.7 Å². The van der Waals surface area contributed by atoms with Crippen LogP contribution in [0.4, 0.5) is 11.4 Å². The molecule has 1 heterocycles. The topological polar surface area (TPSA) is 52.7 Å². The molecule has 2 aromatic carbocycles. The fraction of sp³-hybridized carbons (Fsp3) is 0.280. The number of amides is 2. The fourth-order valence-corrected chi connectivity index (χ4v) is 4.06. The highest BCUT2D eigenvalue weighted by molar-refractivity contribution is 7.12. The molecule has 0 unspecified atom stereocenters. The van der Waals surface area contributed by atoms with Gasteiger partial charge >= 0.3 is 0 Å². The van der Waals surface area contributed by atoms with E-state index < -0.39 is 0 Å². The Bertz CT molecular complexity index is 1060. The van der Waals surface area contributed by atoms with Crippen molar-refractivity contribution in [1.82, 2.24) is 4.90 Å². The van der Waals surface area contributed by atoms with Crippen LogP contribution in [0.15, 0.2) is 60.0 Å². The molecule has 0 spiro atoms. The lowest BCUT2D eigenvalue weighted by Crippen LogP contribution is -2.36. The van der Waals surface area contributed by atoms with Crippen molar-refractivity contribution in [2.45, 2.75) is 33.4 Å². The molecule has 162 valence electrons. The standard InChI is InChI=1S/C25H29N3O2S/c1-17(2)28(25(30)19-9-6-8-18(3)14-19)16-20-15-21(11-12-22(20)27(4)5)26-24(29)23-10-7-13-31-23/h6-15,17H,16H2,1-5H3,(H,26,29). The summed E-state index contributed by atoms with van der Waals surface area (Å²) >= 11 is 1.41. The zero-order valence-corrected chi connectivity index (χ0v) is 19.5. The Morgan fingerprint density at radius 1 is 1.03 bits per heavy atom. The van der Waals surface area contributed by atoms with Gasteiger partial charge in [0.2, 0.25) is 0 Å². The van der Waals surface area contributed by atoms with Crippen LogP contribution in [-0.2, 0) is 6.54 Å². The first-order valence-corrected chi connectivity index (χ1v) is 11.2. The van der Waals surface area contributed by atoms with Crippen molar-refractivity contribution in [1.29, 1.82) is 0 Å². The monoisotopic (exact) mass is 435 g/mol. The summed E-state index contributed by atoms with van der Waals surface area (Å²) in [6, 6.07) is 17.2. The van der Waals surface area contributed by atoms with Gasteiger partial charge in [0.05, 0.1) is 4.88 Å². The van der Waals surface area contributed by atoms with E-state index in [-0.39, 0.29) is 17.9 Å². The van der Waals surface area contributed by atoms with E-state index in [2.05, 4.69) is 5.32 Å². The predicted molar refractivity (Wildman–Crippen MR) is 129 cm³/mol. The Hall–Kier alpha value is -3.12. The van der Waals surface area contributed by atoms with Gasteiger partial charge in [0.25, 0.3) is 11.8 Å². The predicted octanol–water partition coefficient (Wildman–Crippen LogP) is 5.43. The van der Waals surface area contributed by atoms with Crippen molar-refractivity contribution < 1.29 is 9.59 Å². The summed E-state index contributed by atoms with van der Waals surface area (Å²) in [6.45, 7) is 6.47. The molecule has 0 aliphatic heterocycles. The van der Waals surface area contributed by atoms with Crippen LogP contribution in [0.2, 0.25) is 0 Å². The lowest BCUT2D eigenvalue weighted by atomic mass is 10.1. The highest BCUT2D eigenvalue weighted by Crippen LogP contribution is 2.26. The van der Waals surface area contributed by atoms with Gasteiger partial charge in [0, 0.05) is 43.6 Å². The first-order chi connectivity index (χ1) is 14.8. The second-order valence-electron chi connectivity index (χ2n) is 8.07. The van der Waals surface area contributed by atoms with Crippen molar-refractivity contribution in [2.24, 2.45) is 0 Å². The molecule has 6 heteroatoms. The highest BCUT2D eigenvalue weighted by Gasteiger charge is 2.21. The molecule has 0 atom stereocenters. The summed E-state index contributed by atoms with van der Waals surface area (Å²) in [7, 11) is 3.95. The third-order valence-corrected chi connectivity index (χ3v) is 5.92. The third-order valence-electron chi connectivity index (χ3n) is 5.05. The molecule has 3 rings (SSSR count). The SMILES string of the molecule is Cc1cccc(C(=O)N(Cc2cc(NC(=O)c3cccs3)ccc2N(C)C)C(C)C)c1. The molecular formula is C25H29N3O2S. The number of hydrogen-bond acceptors (Lipinski definition) is 4. The molecule has 2 amide bonds. The van der Waals surface area contributed by atoms with Gasteiger partial charge in [-0.05, 0) is 68.1 Å². The summed E-state index contributed by atoms with van der Waals surface area (Å²) in [6.07, 6.45) is 0. The van der Waals surface area contributed by atoms with Crippen molar-refractivity contribution in [3.8, 4) is 0 Å². The van der Waals surface area contributed by atoms with Crippen molar-refractivity contribution in [3.05, 3.63) is 81.5 Å². The van der Waals surface area contributed by atoms with E-state index in [1.165, 1.54) is 11.3 Å². The van der Waals surface area contributed by atoms with Gasteiger partial charge in [0.1, 0.15) is 0 Å². The summed E-state index contributed by atoms with van der Waals surface area (Å²) < 4.78 is 0. The molecule has 31 heavy (non-hydrogen) atoms. The van der Waals surface area contributed by atoms with Crippen LogP contribution in [0.1, 0.15) is 45.0 Å². The molecule has 3 aromatic rings. The van der Waals surface area contributed by atoms with E-state index >= 15 is 0 Å². The van der Waals surface area contributed by atoms with E-state index in [0.717, 1.165) is 16.8 Å². The minimum absolute atomic E-state index is 0.00331. The van der Waals surface area contributed by atoms with Gasteiger partial charge in [-0.15, -0.1) is 11.3 Å². The molecule has 1 aromatic heterocycles. The molecule has 0 radical (unpaired) electrons. The molecule has 5 nitrogen and oxygen atoms in total. The molecule has 1 N–H and O–H groups in total. The first-order valence-electron chi connectivity index (χ1n) is 10.3. The second-order valence-corrected chi connectivity index (χ2v) is 9.01.